The molecule has 1 aliphatic heterocycles. The average molecular weight is 281 g/mol. The summed E-state index contributed by atoms with van der Waals surface area (Å²) in [5, 5.41) is 3.65. The van der Waals surface area contributed by atoms with Crippen LogP contribution in [0.5, 0.6) is 0 Å². The van der Waals surface area contributed by atoms with Crippen molar-refractivity contribution in [3.05, 3.63) is 0 Å². The zero-order valence-electron chi connectivity index (χ0n) is 13.6. The molecule has 2 aliphatic rings. The summed E-state index contributed by atoms with van der Waals surface area (Å²) >= 11 is 0. The van der Waals surface area contributed by atoms with Gasteiger partial charge in [0.15, 0.2) is 0 Å². The summed E-state index contributed by atoms with van der Waals surface area (Å²) < 4.78 is 0. The van der Waals surface area contributed by atoms with Crippen LogP contribution in [-0.4, -0.2) is 54.6 Å². The van der Waals surface area contributed by atoms with Gasteiger partial charge in [0.1, 0.15) is 0 Å². The van der Waals surface area contributed by atoms with E-state index in [4.69, 9.17) is 0 Å². The zero-order valence-corrected chi connectivity index (χ0v) is 13.6. The van der Waals surface area contributed by atoms with E-state index in [1.807, 2.05) is 0 Å². The first kappa shape index (κ1) is 15.8. The van der Waals surface area contributed by atoms with Gasteiger partial charge in [-0.3, -0.25) is 10.1 Å². The maximum absolute atomic E-state index is 12.7. The lowest BCUT2D eigenvalue weighted by molar-refractivity contribution is -0.133. The summed E-state index contributed by atoms with van der Waals surface area (Å²) in [7, 11) is 4.16. The Kier molecular flexibility index (Phi) is 5.44. The SMILES string of the molecule is CCCC1NC(C2CCCC2)N(C(C)CN(C)C)C1=O. The van der Waals surface area contributed by atoms with Crippen molar-refractivity contribution in [3.63, 3.8) is 0 Å². The summed E-state index contributed by atoms with van der Waals surface area (Å²) in [5.41, 5.74) is 0. The van der Waals surface area contributed by atoms with Gasteiger partial charge < -0.3 is 9.80 Å². The smallest absolute Gasteiger partial charge is 0.241 e. The maximum atomic E-state index is 12.7. The Hall–Kier alpha value is -0.610. The van der Waals surface area contributed by atoms with Gasteiger partial charge in [0, 0.05) is 12.6 Å². The lowest BCUT2D eigenvalue weighted by Gasteiger charge is -2.35. The highest BCUT2D eigenvalue weighted by molar-refractivity contribution is 5.84. The van der Waals surface area contributed by atoms with Crippen LogP contribution in [-0.2, 0) is 4.79 Å². The largest absolute Gasteiger partial charge is 0.322 e. The van der Waals surface area contributed by atoms with Gasteiger partial charge in [-0.1, -0.05) is 26.2 Å². The molecule has 1 saturated carbocycles. The highest BCUT2D eigenvalue weighted by Gasteiger charge is 2.44. The molecule has 0 aromatic heterocycles. The van der Waals surface area contributed by atoms with E-state index >= 15 is 0 Å². The van der Waals surface area contributed by atoms with Gasteiger partial charge in [0.25, 0.3) is 0 Å². The molecule has 1 heterocycles. The number of carbonyl (C=O) groups excluding carboxylic acids is 1. The molecule has 0 aromatic rings. The molecule has 4 nitrogen and oxygen atoms in total. The average Bonchev–Trinajstić information content (AvgIpc) is 2.97. The van der Waals surface area contributed by atoms with Gasteiger partial charge in [-0.15, -0.1) is 0 Å². The van der Waals surface area contributed by atoms with Gasteiger partial charge in [-0.25, -0.2) is 0 Å². The normalized spacial score (nSPS) is 29.6. The summed E-state index contributed by atoms with van der Waals surface area (Å²) in [4.78, 5) is 17.1. The molecule has 1 N–H and O–H groups in total. The Balaban J connectivity index is 2.11. The molecular weight excluding hydrogens is 250 g/mol. The fourth-order valence-electron chi connectivity index (χ4n) is 3.91. The third-order valence-corrected chi connectivity index (χ3v) is 4.75. The lowest BCUT2D eigenvalue weighted by atomic mass is 10.0. The first-order valence-electron chi connectivity index (χ1n) is 8.27. The van der Waals surface area contributed by atoms with Crippen molar-refractivity contribution in [3.8, 4) is 0 Å². The first-order chi connectivity index (χ1) is 9.54. The van der Waals surface area contributed by atoms with Gasteiger partial charge >= 0.3 is 0 Å². The van der Waals surface area contributed by atoms with Crippen molar-refractivity contribution >= 4 is 5.91 Å². The van der Waals surface area contributed by atoms with Crippen molar-refractivity contribution in [1.82, 2.24) is 15.1 Å². The minimum absolute atomic E-state index is 0.0511. The van der Waals surface area contributed by atoms with Crippen molar-refractivity contribution in [1.29, 1.82) is 0 Å². The minimum Gasteiger partial charge on any atom is -0.322 e. The molecule has 3 unspecified atom stereocenters. The third kappa shape index (κ3) is 3.34. The monoisotopic (exact) mass is 281 g/mol. The van der Waals surface area contributed by atoms with Crippen LogP contribution >= 0.6 is 0 Å². The van der Waals surface area contributed by atoms with E-state index in [9.17, 15) is 4.79 Å². The Morgan fingerprint density at radius 2 is 2.00 bits per heavy atom. The van der Waals surface area contributed by atoms with E-state index in [-0.39, 0.29) is 18.2 Å². The Morgan fingerprint density at radius 1 is 1.35 bits per heavy atom. The van der Waals surface area contributed by atoms with Crippen LogP contribution in [0.25, 0.3) is 0 Å². The second-order valence-electron chi connectivity index (χ2n) is 6.85. The molecule has 0 aromatic carbocycles. The molecule has 4 heteroatoms. The number of carbonyl (C=O) groups is 1. The number of nitrogens with one attached hydrogen (secondary N) is 1. The Morgan fingerprint density at radius 3 is 2.55 bits per heavy atom. The van der Waals surface area contributed by atoms with Gasteiger partial charge in [-0.05, 0) is 46.2 Å². The molecule has 1 saturated heterocycles. The second kappa shape index (κ2) is 6.90. The number of nitrogens with zero attached hydrogens (tertiary/aromatic N) is 2. The quantitative estimate of drug-likeness (QED) is 0.809. The Labute approximate surface area is 123 Å². The van der Waals surface area contributed by atoms with Crippen molar-refractivity contribution in [2.75, 3.05) is 20.6 Å². The van der Waals surface area contributed by atoms with Crippen molar-refractivity contribution in [2.45, 2.75) is 70.6 Å². The second-order valence-corrected chi connectivity index (χ2v) is 6.85. The minimum atomic E-state index is 0.0511. The number of amides is 1. The van der Waals surface area contributed by atoms with E-state index in [1.165, 1.54) is 25.7 Å². The fraction of sp³-hybridized carbons (Fsp3) is 0.938. The van der Waals surface area contributed by atoms with E-state index in [0.717, 1.165) is 19.4 Å². The van der Waals surface area contributed by atoms with Gasteiger partial charge in [0.05, 0.1) is 12.2 Å². The molecule has 3 atom stereocenters. The van der Waals surface area contributed by atoms with Crippen molar-refractivity contribution < 1.29 is 4.79 Å². The van der Waals surface area contributed by atoms with E-state index in [2.05, 4.69) is 43.1 Å². The number of likely N-dealkylation sites (N-methyl/N-ethyl adjacent to an activating group) is 1. The van der Waals surface area contributed by atoms with Gasteiger partial charge in [-0.2, -0.15) is 0 Å². The van der Waals surface area contributed by atoms with E-state index in [1.54, 1.807) is 0 Å². The van der Waals surface area contributed by atoms with Crippen LogP contribution in [0.2, 0.25) is 0 Å². The molecule has 2 fully saturated rings. The molecule has 0 spiro atoms. The maximum Gasteiger partial charge on any atom is 0.241 e. The van der Waals surface area contributed by atoms with Gasteiger partial charge in [0.2, 0.25) is 5.91 Å². The summed E-state index contributed by atoms with van der Waals surface area (Å²) in [6.07, 6.45) is 7.50. The zero-order chi connectivity index (χ0) is 14.7. The fourth-order valence-corrected chi connectivity index (χ4v) is 3.91. The van der Waals surface area contributed by atoms with Crippen LogP contribution in [0.1, 0.15) is 52.4 Å². The predicted octanol–water partition coefficient (Wildman–Crippen LogP) is 2.05. The molecule has 2 rings (SSSR count). The highest BCUT2D eigenvalue weighted by atomic mass is 16.2. The number of hydrogen-bond donors (Lipinski definition) is 1. The number of hydrogen-bond acceptors (Lipinski definition) is 3. The summed E-state index contributed by atoms with van der Waals surface area (Å²) in [6.45, 7) is 5.29. The van der Waals surface area contributed by atoms with Crippen molar-refractivity contribution in [2.24, 2.45) is 5.92 Å². The van der Waals surface area contributed by atoms with E-state index in [0.29, 0.717) is 11.8 Å². The first-order valence-corrected chi connectivity index (χ1v) is 8.27. The molecule has 0 radical (unpaired) electrons. The van der Waals surface area contributed by atoms with Crippen LogP contribution in [0, 0.1) is 5.92 Å². The predicted molar refractivity (Wildman–Crippen MR) is 82.4 cm³/mol. The van der Waals surface area contributed by atoms with Crippen LogP contribution in [0.4, 0.5) is 0 Å². The Bertz CT molecular complexity index is 326. The highest BCUT2D eigenvalue weighted by Crippen LogP contribution is 2.33. The van der Waals surface area contributed by atoms with E-state index < -0.39 is 0 Å². The molecule has 0 bridgehead atoms. The lowest BCUT2D eigenvalue weighted by Crippen LogP contribution is -2.50. The summed E-state index contributed by atoms with van der Waals surface area (Å²) in [5.74, 6) is 0.989. The number of rotatable bonds is 6. The molecule has 116 valence electrons. The molecular formula is C16H31N3O. The standard InChI is InChI=1S/C16H31N3O/c1-5-8-14-16(20)19(12(2)11-18(3)4)15(17-14)13-9-6-7-10-13/h12-15,17H,5-11H2,1-4H3. The third-order valence-electron chi connectivity index (χ3n) is 4.75. The van der Waals surface area contributed by atoms with Crippen LogP contribution in [0.15, 0.2) is 0 Å². The van der Waals surface area contributed by atoms with Crippen LogP contribution in [0.3, 0.4) is 0 Å². The molecule has 1 aliphatic carbocycles. The van der Waals surface area contributed by atoms with Crippen LogP contribution < -0.4 is 5.32 Å². The topological polar surface area (TPSA) is 35.6 Å². The molecule has 1 amide bonds. The molecule has 20 heavy (non-hydrogen) atoms. The summed E-state index contributed by atoms with van der Waals surface area (Å²) in [6, 6.07) is 0.340.